The van der Waals surface area contributed by atoms with Crippen LogP contribution in [0, 0.1) is 10.1 Å². The maximum Gasteiger partial charge on any atom is 0.269 e. The number of amides is 2. The second-order valence-electron chi connectivity index (χ2n) is 6.75. The molecule has 0 aromatic heterocycles. The summed E-state index contributed by atoms with van der Waals surface area (Å²) >= 11 is 7.09. The summed E-state index contributed by atoms with van der Waals surface area (Å²) in [5, 5.41) is 11.5. The van der Waals surface area contributed by atoms with Crippen LogP contribution in [0.1, 0.15) is 19.4 Å². The Morgan fingerprint density at radius 1 is 1.07 bits per heavy atom. The molecule has 30 heavy (non-hydrogen) atoms. The van der Waals surface area contributed by atoms with Crippen molar-refractivity contribution >= 4 is 46.4 Å². The first-order chi connectivity index (χ1) is 14.3. The van der Waals surface area contributed by atoms with E-state index in [9.17, 15) is 19.7 Å². The highest BCUT2D eigenvalue weighted by Crippen LogP contribution is 2.40. The molecule has 0 saturated heterocycles. The summed E-state index contributed by atoms with van der Waals surface area (Å²) in [7, 11) is 0. The highest BCUT2D eigenvalue weighted by Gasteiger charge is 2.39. The van der Waals surface area contributed by atoms with Crippen LogP contribution in [0.15, 0.2) is 58.3 Å². The lowest BCUT2D eigenvalue weighted by Crippen LogP contribution is -2.35. The third-order valence-corrected chi connectivity index (χ3v) is 5.63. The van der Waals surface area contributed by atoms with Gasteiger partial charge in [0, 0.05) is 22.1 Å². The molecule has 0 spiro atoms. The van der Waals surface area contributed by atoms with Gasteiger partial charge in [-0.2, -0.15) is 0 Å². The van der Waals surface area contributed by atoms with Gasteiger partial charge < -0.3 is 4.74 Å². The molecule has 2 amide bonds. The van der Waals surface area contributed by atoms with Gasteiger partial charge in [0.15, 0.2) is 0 Å². The molecule has 2 aromatic rings. The highest BCUT2D eigenvalue weighted by molar-refractivity contribution is 8.04. The second-order valence-corrected chi connectivity index (χ2v) is 8.27. The molecule has 0 N–H and O–H groups in total. The number of nitro benzene ring substituents is 1. The van der Waals surface area contributed by atoms with Gasteiger partial charge in [-0.15, -0.1) is 0 Å². The van der Waals surface area contributed by atoms with Gasteiger partial charge in [0.1, 0.15) is 0 Å². The van der Waals surface area contributed by atoms with E-state index in [4.69, 9.17) is 16.3 Å². The molecule has 0 bridgehead atoms. The highest BCUT2D eigenvalue weighted by atomic mass is 35.5. The van der Waals surface area contributed by atoms with Gasteiger partial charge >= 0.3 is 0 Å². The predicted molar refractivity (Wildman–Crippen MR) is 115 cm³/mol. The minimum Gasteiger partial charge on any atom is -0.377 e. The van der Waals surface area contributed by atoms with Crippen LogP contribution in [0.2, 0.25) is 5.02 Å². The number of carbonyl (C=O) groups is 2. The summed E-state index contributed by atoms with van der Waals surface area (Å²) < 4.78 is 5.49. The number of ether oxygens (including phenoxy) is 1. The van der Waals surface area contributed by atoms with Gasteiger partial charge in [-0.25, -0.2) is 0 Å². The fourth-order valence-electron chi connectivity index (χ4n) is 2.86. The van der Waals surface area contributed by atoms with E-state index in [0.29, 0.717) is 10.6 Å². The van der Waals surface area contributed by atoms with E-state index in [0.717, 1.165) is 21.6 Å². The summed E-state index contributed by atoms with van der Waals surface area (Å²) in [6, 6.07) is 12.5. The molecular formula is C21H19ClN2O5S. The van der Waals surface area contributed by atoms with Gasteiger partial charge in [-0.05, 0) is 55.8 Å². The first kappa shape index (κ1) is 22.0. The number of thioether (sulfide) groups is 1. The maximum atomic E-state index is 13.1. The fraction of sp³-hybridized carbons (Fsp3) is 0.238. The molecule has 0 aliphatic carbocycles. The molecule has 0 saturated carbocycles. The monoisotopic (exact) mass is 446 g/mol. The average Bonchev–Trinajstić information content (AvgIpc) is 2.93. The van der Waals surface area contributed by atoms with Crippen molar-refractivity contribution in [3.05, 3.63) is 74.1 Å². The number of benzene rings is 2. The summed E-state index contributed by atoms with van der Waals surface area (Å²) in [4.78, 5) is 38.7. The van der Waals surface area contributed by atoms with E-state index in [1.807, 2.05) is 13.8 Å². The Kier molecular flexibility index (Phi) is 6.91. The molecule has 0 radical (unpaired) electrons. The van der Waals surface area contributed by atoms with E-state index in [-0.39, 0.29) is 35.4 Å². The Balaban J connectivity index is 1.96. The van der Waals surface area contributed by atoms with Crippen molar-refractivity contribution in [3.8, 4) is 0 Å². The molecule has 0 fully saturated rings. The topological polar surface area (TPSA) is 89.8 Å². The molecule has 3 rings (SSSR count). The molecule has 2 aromatic carbocycles. The molecule has 0 atom stereocenters. The van der Waals surface area contributed by atoms with E-state index in [1.54, 1.807) is 24.3 Å². The molecule has 1 heterocycles. The molecule has 7 nitrogen and oxygen atoms in total. The Morgan fingerprint density at radius 3 is 2.27 bits per heavy atom. The predicted octanol–water partition coefficient (Wildman–Crippen LogP) is 4.55. The zero-order chi connectivity index (χ0) is 21.8. The molecule has 0 unspecified atom stereocenters. The van der Waals surface area contributed by atoms with E-state index < -0.39 is 16.7 Å². The van der Waals surface area contributed by atoms with Crippen LogP contribution in [0.25, 0.3) is 5.57 Å². The molecule has 9 heteroatoms. The summed E-state index contributed by atoms with van der Waals surface area (Å²) in [6.07, 6.45) is -0.0252. The van der Waals surface area contributed by atoms with Crippen molar-refractivity contribution < 1.29 is 19.2 Å². The minimum atomic E-state index is -0.515. The third-order valence-electron chi connectivity index (χ3n) is 4.29. The van der Waals surface area contributed by atoms with E-state index in [1.165, 1.54) is 24.3 Å². The number of hydrogen-bond donors (Lipinski definition) is 0. The average molecular weight is 447 g/mol. The first-order valence-corrected chi connectivity index (χ1v) is 10.4. The second kappa shape index (κ2) is 9.42. The Labute approximate surface area is 182 Å². The Morgan fingerprint density at radius 2 is 1.70 bits per heavy atom. The summed E-state index contributed by atoms with van der Waals surface area (Å²) in [5.74, 6) is -0.863. The van der Waals surface area contributed by atoms with Crippen LogP contribution in [-0.2, 0) is 14.3 Å². The number of hydrogen-bond acceptors (Lipinski definition) is 6. The van der Waals surface area contributed by atoms with Crippen molar-refractivity contribution in [3.63, 3.8) is 0 Å². The van der Waals surface area contributed by atoms with Crippen molar-refractivity contribution in [2.24, 2.45) is 0 Å². The Hall–Kier alpha value is -2.68. The molecule has 1 aliphatic heterocycles. The quantitative estimate of drug-likeness (QED) is 0.336. The first-order valence-electron chi connectivity index (χ1n) is 9.18. The number of carbonyl (C=O) groups excluding carboxylic acids is 2. The number of nitro groups is 1. The fourth-order valence-corrected chi connectivity index (χ4v) is 3.99. The van der Waals surface area contributed by atoms with Crippen LogP contribution in [0.3, 0.4) is 0 Å². The van der Waals surface area contributed by atoms with E-state index >= 15 is 0 Å². The third kappa shape index (κ3) is 4.89. The Bertz CT molecular complexity index is 1000. The van der Waals surface area contributed by atoms with Gasteiger partial charge in [-0.1, -0.05) is 23.4 Å². The van der Waals surface area contributed by atoms with Crippen LogP contribution in [-0.4, -0.2) is 40.9 Å². The summed E-state index contributed by atoms with van der Waals surface area (Å²) in [6.45, 7) is 4.09. The molecule has 156 valence electrons. The number of nitrogens with zero attached hydrogens (tertiary/aromatic N) is 2. The molecule has 1 aliphatic rings. The van der Waals surface area contributed by atoms with Crippen LogP contribution in [0.5, 0.6) is 0 Å². The van der Waals surface area contributed by atoms with Crippen molar-refractivity contribution in [2.75, 3.05) is 13.2 Å². The number of rotatable bonds is 8. The normalized spacial score (nSPS) is 14.2. The summed E-state index contributed by atoms with van der Waals surface area (Å²) in [5.41, 5.74) is 0.576. The lowest BCUT2D eigenvalue weighted by atomic mass is 10.1. The van der Waals surface area contributed by atoms with Crippen LogP contribution < -0.4 is 0 Å². The van der Waals surface area contributed by atoms with Gasteiger partial charge in [0.2, 0.25) is 0 Å². The largest absolute Gasteiger partial charge is 0.377 e. The van der Waals surface area contributed by atoms with Gasteiger partial charge in [0.25, 0.3) is 17.5 Å². The van der Waals surface area contributed by atoms with Gasteiger partial charge in [0.05, 0.1) is 34.7 Å². The smallest absolute Gasteiger partial charge is 0.269 e. The van der Waals surface area contributed by atoms with E-state index in [2.05, 4.69) is 0 Å². The maximum absolute atomic E-state index is 13.1. The zero-order valence-electron chi connectivity index (χ0n) is 16.3. The van der Waals surface area contributed by atoms with Crippen LogP contribution in [0.4, 0.5) is 5.69 Å². The lowest BCUT2D eigenvalue weighted by Gasteiger charge is -2.16. The van der Waals surface area contributed by atoms with Crippen molar-refractivity contribution in [2.45, 2.75) is 24.8 Å². The van der Waals surface area contributed by atoms with Crippen LogP contribution >= 0.6 is 23.4 Å². The lowest BCUT2D eigenvalue weighted by molar-refractivity contribution is -0.384. The number of imide groups is 1. The number of non-ortho nitro benzene ring substituents is 1. The SMILES string of the molecule is CC(C)OCCN1C(=O)C(Sc2ccc(Cl)cc2)=C(c2ccc([N+](=O)[O-])cc2)C1=O. The standard InChI is InChI=1S/C21H19ClN2O5S/c1-13(2)29-12-11-23-20(25)18(14-3-7-16(8-4-14)24(27)28)19(21(23)26)30-17-9-5-15(22)6-10-17/h3-10,13H,11-12H2,1-2H3. The molecular weight excluding hydrogens is 428 g/mol. The minimum absolute atomic E-state index is 0.0252. The zero-order valence-corrected chi connectivity index (χ0v) is 17.9. The van der Waals surface area contributed by atoms with Gasteiger partial charge in [-0.3, -0.25) is 24.6 Å². The van der Waals surface area contributed by atoms with Crippen molar-refractivity contribution in [1.82, 2.24) is 4.90 Å². The van der Waals surface area contributed by atoms with Crippen molar-refractivity contribution in [1.29, 1.82) is 0 Å². The number of halogens is 1.